The van der Waals surface area contributed by atoms with Crippen LogP contribution in [0.25, 0.3) is 0 Å². The predicted molar refractivity (Wildman–Crippen MR) is 89.2 cm³/mol. The number of amides is 2. The standard InChI is InChI=1S/C15H21N3O5S/c1-12(19)16-13-5-3-4-6-14(13)23-11-15(20)17-7-9-18(10-8-17)24(2,21)22/h3-6H,7-11H2,1-2H3,(H,16,19). The molecule has 1 heterocycles. The molecular weight excluding hydrogens is 334 g/mol. The molecular formula is C15H21N3O5S. The lowest BCUT2D eigenvalue weighted by Gasteiger charge is -2.33. The molecule has 0 aliphatic carbocycles. The van der Waals surface area contributed by atoms with Crippen molar-refractivity contribution in [3.8, 4) is 5.75 Å². The fourth-order valence-electron chi connectivity index (χ4n) is 2.39. The van der Waals surface area contributed by atoms with Crippen molar-refractivity contribution in [2.24, 2.45) is 0 Å². The molecule has 2 rings (SSSR count). The van der Waals surface area contributed by atoms with Crippen molar-refractivity contribution in [1.82, 2.24) is 9.21 Å². The first-order chi connectivity index (χ1) is 11.3. The van der Waals surface area contributed by atoms with E-state index in [0.717, 1.165) is 6.26 Å². The van der Waals surface area contributed by atoms with Crippen molar-refractivity contribution in [2.45, 2.75) is 6.92 Å². The van der Waals surface area contributed by atoms with E-state index in [0.29, 0.717) is 24.5 Å². The Hall–Kier alpha value is -2.13. The first kappa shape index (κ1) is 18.2. The molecule has 1 N–H and O–H groups in total. The molecule has 1 saturated heterocycles. The van der Waals surface area contributed by atoms with E-state index in [-0.39, 0.29) is 31.5 Å². The Kier molecular flexibility index (Phi) is 5.79. The molecule has 1 fully saturated rings. The van der Waals surface area contributed by atoms with Crippen molar-refractivity contribution in [3.05, 3.63) is 24.3 Å². The molecule has 24 heavy (non-hydrogen) atoms. The molecule has 132 valence electrons. The molecule has 1 aromatic carbocycles. The normalized spacial score (nSPS) is 15.8. The Bertz CT molecular complexity index is 712. The van der Waals surface area contributed by atoms with Crippen LogP contribution in [0.15, 0.2) is 24.3 Å². The number of ether oxygens (including phenoxy) is 1. The zero-order chi connectivity index (χ0) is 17.7. The third-order valence-electron chi connectivity index (χ3n) is 3.61. The predicted octanol–water partition coefficient (Wildman–Crippen LogP) is 0.128. The third-order valence-corrected chi connectivity index (χ3v) is 4.91. The number of hydrogen-bond donors (Lipinski definition) is 1. The highest BCUT2D eigenvalue weighted by Gasteiger charge is 2.26. The minimum atomic E-state index is -3.22. The maximum atomic E-state index is 12.2. The Morgan fingerprint density at radius 2 is 1.79 bits per heavy atom. The number of anilines is 1. The summed E-state index contributed by atoms with van der Waals surface area (Å²) in [7, 11) is -3.22. The van der Waals surface area contributed by atoms with Gasteiger partial charge in [0.05, 0.1) is 11.9 Å². The smallest absolute Gasteiger partial charge is 0.260 e. The van der Waals surface area contributed by atoms with Crippen LogP contribution in [0.1, 0.15) is 6.92 Å². The molecule has 0 aromatic heterocycles. The molecule has 1 aromatic rings. The lowest BCUT2D eigenvalue weighted by Crippen LogP contribution is -2.51. The van der Waals surface area contributed by atoms with Gasteiger partial charge in [-0.3, -0.25) is 9.59 Å². The SMILES string of the molecule is CC(=O)Nc1ccccc1OCC(=O)N1CCN(S(C)(=O)=O)CC1. The highest BCUT2D eigenvalue weighted by Crippen LogP contribution is 2.23. The minimum Gasteiger partial charge on any atom is -0.482 e. The number of hydrogen-bond acceptors (Lipinski definition) is 5. The molecule has 0 radical (unpaired) electrons. The molecule has 9 heteroatoms. The van der Waals surface area contributed by atoms with Crippen LogP contribution in [-0.2, 0) is 19.6 Å². The molecule has 1 aliphatic rings. The summed E-state index contributed by atoms with van der Waals surface area (Å²) in [5.74, 6) is -0.0362. The van der Waals surface area contributed by atoms with Crippen molar-refractivity contribution < 1.29 is 22.7 Å². The molecule has 0 bridgehead atoms. The van der Waals surface area contributed by atoms with Crippen molar-refractivity contribution in [1.29, 1.82) is 0 Å². The van der Waals surface area contributed by atoms with Crippen LogP contribution in [0.3, 0.4) is 0 Å². The third kappa shape index (κ3) is 4.93. The largest absolute Gasteiger partial charge is 0.482 e. The van der Waals surface area contributed by atoms with Gasteiger partial charge in [-0.25, -0.2) is 8.42 Å². The van der Waals surface area contributed by atoms with Gasteiger partial charge in [0.1, 0.15) is 5.75 Å². The number of sulfonamides is 1. The fourth-order valence-corrected chi connectivity index (χ4v) is 3.21. The number of nitrogens with one attached hydrogen (secondary N) is 1. The van der Waals surface area contributed by atoms with Gasteiger partial charge in [-0.1, -0.05) is 12.1 Å². The number of benzene rings is 1. The van der Waals surface area contributed by atoms with Gasteiger partial charge < -0.3 is 15.0 Å². The Morgan fingerprint density at radius 1 is 1.17 bits per heavy atom. The maximum Gasteiger partial charge on any atom is 0.260 e. The Labute approximate surface area is 141 Å². The van der Waals surface area contributed by atoms with E-state index in [9.17, 15) is 18.0 Å². The van der Waals surface area contributed by atoms with E-state index in [4.69, 9.17) is 4.74 Å². The number of nitrogens with zero attached hydrogens (tertiary/aromatic N) is 2. The molecule has 1 aliphatic heterocycles. The van der Waals surface area contributed by atoms with Crippen LogP contribution >= 0.6 is 0 Å². The van der Waals surface area contributed by atoms with Gasteiger partial charge in [0.2, 0.25) is 15.9 Å². The summed E-state index contributed by atoms with van der Waals surface area (Å²) in [6.07, 6.45) is 1.16. The monoisotopic (exact) mass is 355 g/mol. The summed E-state index contributed by atoms with van der Waals surface area (Å²) in [5, 5.41) is 2.64. The molecule has 0 saturated carbocycles. The lowest BCUT2D eigenvalue weighted by molar-refractivity contribution is -0.134. The van der Waals surface area contributed by atoms with Gasteiger partial charge >= 0.3 is 0 Å². The van der Waals surface area contributed by atoms with Gasteiger partial charge in [0.15, 0.2) is 6.61 Å². The summed E-state index contributed by atoms with van der Waals surface area (Å²) in [5.41, 5.74) is 0.500. The van der Waals surface area contributed by atoms with E-state index in [1.165, 1.54) is 11.2 Å². The number of para-hydroxylation sites is 2. The topological polar surface area (TPSA) is 96.0 Å². The zero-order valence-corrected chi connectivity index (χ0v) is 14.5. The van der Waals surface area contributed by atoms with Crippen LogP contribution in [0.2, 0.25) is 0 Å². The second-order valence-corrected chi connectivity index (χ2v) is 7.49. The van der Waals surface area contributed by atoms with Gasteiger partial charge in [0, 0.05) is 33.1 Å². The van der Waals surface area contributed by atoms with Crippen molar-refractivity contribution >= 4 is 27.5 Å². The lowest BCUT2D eigenvalue weighted by atomic mass is 10.3. The minimum absolute atomic E-state index is 0.171. The number of piperazine rings is 1. The first-order valence-electron chi connectivity index (χ1n) is 7.49. The van der Waals surface area contributed by atoms with Crippen LogP contribution in [0.4, 0.5) is 5.69 Å². The summed E-state index contributed by atoms with van der Waals surface area (Å²) in [4.78, 5) is 24.9. The first-order valence-corrected chi connectivity index (χ1v) is 9.34. The Morgan fingerprint density at radius 3 is 2.38 bits per heavy atom. The molecule has 0 atom stereocenters. The summed E-state index contributed by atoms with van der Waals surface area (Å²) in [6.45, 7) is 2.46. The highest BCUT2D eigenvalue weighted by atomic mass is 32.2. The quantitative estimate of drug-likeness (QED) is 0.810. The average molecular weight is 355 g/mol. The van der Waals surface area contributed by atoms with Gasteiger partial charge in [-0.2, -0.15) is 4.31 Å². The van der Waals surface area contributed by atoms with E-state index < -0.39 is 10.0 Å². The van der Waals surface area contributed by atoms with Crippen molar-refractivity contribution in [2.75, 3.05) is 44.4 Å². The van der Waals surface area contributed by atoms with E-state index in [2.05, 4.69) is 5.32 Å². The summed E-state index contributed by atoms with van der Waals surface area (Å²) in [6, 6.07) is 6.85. The van der Waals surface area contributed by atoms with Crippen molar-refractivity contribution in [3.63, 3.8) is 0 Å². The second kappa shape index (κ2) is 7.63. The van der Waals surface area contributed by atoms with Gasteiger partial charge in [0.25, 0.3) is 5.91 Å². The average Bonchev–Trinajstić information content (AvgIpc) is 2.52. The molecule has 0 spiro atoms. The fraction of sp³-hybridized carbons (Fsp3) is 0.467. The highest BCUT2D eigenvalue weighted by molar-refractivity contribution is 7.88. The number of carbonyl (C=O) groups excluding carboxylic acids is 2. The molecule has 8 nitrogen and oxygen atoms in total. The zero-order valence-electron chi connectivity index (χ0n) is 13.7. The molecule has 0 unspecified atom stereocenters. The summed E-state index contributed by atoms with van der Waals surface area (Å²) < 4.78 is 29.8. The van der Waals surface area contributed by atoms with E-state index >= 15 is 0 Å². The second-order valence-electron chi connectivity index (χ2n) is 5.51. The maximum absolute atomic E-state index is 12.2. The van der Waals surface area contributed by atoms with Crippen LogP contribution in [-0.4, -0.2) is 68.5 Å². The molecule has 2 amide bonds. The van der Waals surface area contributed by atoms with Gasteiger partial charge in [-0.15, -0.1) is 0 Å². The Balaban J connectivity index is 1.89. The van der Waals surface area contributed by atoms with Crippen LogP contribution in [0, 0.1) is 0 Å². The van der Waals surface area contributed by atoms with E-state index in [1.807, 2.05) is 0 Å². The van der Waals surface area contributed by atoms with Gasteiger partial charge in [-0.05, 0) is 12.1 Å². The number of carbonyl (C=O) groups is 2. The van der Waals surface area contributed by atoms with E-state index in [1.54, 1.807) is 29.2 Å². The van der Waals surface area contributed by atoms with Crippen LogP contribution in [0.5, 0.6) is 5.75 Å². The number of rotatable bonds is 5. The summed E-state index contributed by atoms with van der Waals surface area (Å²) >= 11 is 0. The van der Waals surface area contributed by atoms with Crippen LogP contribution < -0.4 is 10.1 Å².